The Morgan fingerprint density at radius 2 is 2.06 bits per heavy atom. The molecule has 16 heavy (non-hydrogen) atoms. The second-order valence-electron chi connectivity index (χ2n) is 4.73. The van der Waals surface area contributed by atoms with Gasteiger partial charge in [-0.05, 0) is 25.2 Å². The van der Waals surface area contributed by atoms with Crippen LogP contribution in [-0.2, 0) is 0 Å². The van der Waals surface area contributed by atoms with Crippen molar-refractivity contribution in [2.45, 2.75) is 45.4 Å². The lowest BCUT2D eigenvalue weighted by atomic mass is 9.89. The van der Waals surface area contributed by atoms with Crippen LogP contribution in [0.2, 0.25) is 0 Å². The Balaban J connectivity index is 2.38. The van der Waals surface area contributed by atoms with Crippen LogP contribution in [0.15, 0.2) is 4.99 Å². The van der Waals surface area contributed by atoms with Gasteiger partial charge in [0.05, 0.1) is 0 Å². The third kappa shape index (κ3) is 4.39. The van der Waals surface area contributed by atoms with E-state index in [1.165, 1.54) is 32.1 Å². The molecule has 0 radical (unpaired) electrons. The first-order valence-corrected chi connectivity index (χ1v) is 6.50. The SMILES string of the molecule is CCCN=C(NN)N(C)CC1CCCCC1. The summed E-state index contributed by atoms with van der Waals surface area (Å²) in [6, 6.07) is 0. The Morgan fingerprint density at radius 3 is 2.62 bits per heavy atom. The summed E-state index contributed by atoms with van der Waals surface area (Å²) in [4.78, 5) is 6.59. The molecule has 0 aliphatic heterocycles. The fourth-order valence-corrected chi connectivity index (χ4v) is 2.34. The smallest absolute Gasteiger partial charge is 0.208 e. The molecule has 1 aliphatic rings. The number of hydrogen-bond acceptors (Lipinski definition) is 2. The van der Waals surface area contributed by atoms with Gasteiger partial charge >= 0.3 is 0 Å². The van der Waals surface area contributed by atoms with E-state index in [1.54, 1.807) is 0 Å². The van der Waals surface area contributed by atoms with Crippen molar-refractivity contribution in [2.24, 2.45) is 16.8 Å². The van der Waals surface area contributed by atoms with Gasteiger partial charge in [-0.3, -0.25) is 10.4 Å². The maximum atomic E-state index is 5.50. The van der Waals surface area contributed by atoms with Crippen molar-refractivity contribution in [2.75, 3.05) is 20.1 Å². The Kier molecular flexibility index (Phi) is 6.23. The van der Waals surface area contributed by atoms with Gasteiger partial charge in [-0.1, -0.05) is 26.2 Å². The maximum Gasteiger partial charge on any atom is 0.208 e. The first-order chi connectivity index (χ1) is 7.77. The van der Waals surface area contributed by atoms with Crippen LogP contribution in [0.4, 0.5) is 0 Å². The molecule has 1 saturated carbocycles. The maximum absolute atomic E-state index is 5.50. The van der Waals surface area contributed by atoms with E-state index in [0.717, 1.165) is 31.4 Å². The average molecular weight is 226 g/mol. The summed E-state index contributed by atoms with van der Waals surface area (Å²) >= 11 is 0. The minimum atomic E-state index is 0.818. The first-order valence-electron chi connectivity index (χ1n) is 6.50. The summed E-state index contributed by atoms with van der Waals surface area (Å²) in [5.41, 5.74) is 2.70. The second kappa shape index (κ2) is 7.49. The van der Waals surface area contributed by atoms with Gasteiger partial charge in [-0.15, -0.1) is 0 Å². The molecule has 0 aromatic carbocycles. The van der Waals surface area contributed by atoms with Crippen LogP contribution in [-0.4, -0.2) is 31.0 Å². The number of hydrazine groups is 1. The molecule has 0 spiro atoms. The molecule has 1 aliphatic carbocycles. The van der Waals surface area contributed by atoms with Crippen LogP contribution < -0.4 is 11.3 Å². The third-order valence-corrected chi connectivity index (χ3v) is 3.23. The van der Waals surface area contributed by atoms with Gasteiger partial charge in [0.25, 0.3) is 0 Å². The number of hydrogen-bond donors (Lipinski definition) is 2. The molecule has 0 bridgehead atoms. The van der Waals surface area contributed by atoms with Crippen molar-refractivity contribution >= 4 is 5.96 Å². The molecule has 3 N–H and O–H groups in total. The number of aliphatic imine (C=N–C) groups is 1. The van der Waals surface area contributed by atoms with Crippen molar-refractivity contribution in [3.8, 4) is 0 Å². The monoisotopic (exact) mass is 226 g/mol. The number of nitrogens with two attached hydrogens (primary N) is 1. The average Bonchev–Trinajstić information content (AvgIpc) is 2.31. The highest BCUT2D eigenvalue weighted by atomic mass is 15.4. The normalized spacial score (nSPS) is 18.6. The molecule has 1 fully saturated rings. The zero-order valence-corrected chi connectivity index (χ0v) is 10.7. The summed E-state index contributed by atoms with van der Waals surface area (Å²) in [6.07, 6.45) is 7.95. The predicted octanol–water partition coefficient (Wildman–Crippen LogP) is 1.73. The van der Waals surface area contributed by atoms with Crippen molar-refractivity contribution < 1.29 is 0 Å². The summed E-state index contributed by atoms with van der Waals surface area (Å²) in [5.74, 6) is 7.14. The molecule has 0 saturated heterocycles. The topological polar surface area (TPSA) is 53.6 Å². The van der Waals surface area contributed by atoms with Gasteiger partial charge in [0.1, 0.15) is 0 Å². The van der Waals surface area contributed by atoms with Gasteiger partial charge in [0.15, 0.2) is 0 Å². The van der Waals surface area contributed by atoms with E-state index in [0.29, 0.717) is 0 Å². The predicted molar refractivity (Wildman–Crippen MR) is 69.1 cm³/mol. The molecule has 0 aromatic heterocycles. The standard InChI is InChI=1S/C12H26N4/c1-3-9-14-12(15-13)16(2)10-11-7-5-4-6-8-11/h11H,3-10,13H2,1-2H3,(H,14,15). The van der Waals surface area contributed by atoms with Crippen LogP contribution in [0, 0.1) is 5.92 Å². The molecule has 0 atom stereocenters. The molecule has 1 rings (SSSR count). The lowest BCUT2D eigenvalue weighted by molar-refractivity contribution is 0.292. The minimum Gasteiger partial charge on any atom is -0.345 e. The lowest BCUT2D eigenvalue weighted by Crippen LogP contribution is -2.44. The number of nitrogens with zero attached hydrogens (tertiary/aromatic N) is 2. The van der Waals surface area contributed by atoms with E-state index in [9.17, 15) is 0 Å². The largest absolute Gasteiger partial charge is 0.345 e. The Bertz CT molecular complexity index is 209. The second-order valence-corrected chi connectivity index (χ2v) is 4.73. The van der Waals surface area contributed by atoms with Crippen molar-refractivity contribution in [1.29, 1.82) is 0 Å². The van der Waals surface area contributed by atoms with Crippen LogP contribution in [0.3, 0.4) is 0 Å². The molecule has 0 unspecified atom stereocenters. The van der Waals surface area contributed by atoms with Crippen molar-refractivity contribution in [3.05, 3.63) is 0 Å². The van der Waals surface area contributed by atoms with Gasteiger partial charge in [0.2, 0.25) is 5.96 Å². The fraction of sp³-hybridized carbons (Fsp3) is 0.917. The molecule has 4 heteroatoms. The van der Waals surface area contributed by atoms with E-state index in [1.807, 2.05) is 0 Å². The van der Waals surface area contributed by atoms with E-state index in [2.05, 4.69) is 29.3 Å². The van der Waals surface area contributed by atoms with Gasteiger partial charge < -0.3 is 4.90 Å². The summed E-state index contributed by atoms with van der Waals surface area (Å²) in [7, 11) is 2.07. The molecule has 0 heterocycles. The highest BCUT2D eigenvalue weighted by Crippen LogP contribution is 2.23. The molecular weight excluding hydrogens is 200 g/mol. The number of nitrogens with one attached hydrogen (secondary N) is 1. The van der Waals surface area contributed by atoms with Crippen LogP contribution in [0.5, 0.6) is 0 Å². The summed E-state index contributed by atoms with van der Waals surface area (Å²) < 4.78 is 0. The van der Waals surface area contributed by atoms with Gasteiger partial charge in [0, 0.05) is 20.1 Å². The lowest BCUT2D eigenvalue weighted by Gasteiger charge is -2.28. The molecule has 94 valence electrons. The van der Waals surface area contributed by atoms with Crippen LogP contribution >= 0.6 is 0 Å². The van der Waals surface area contributed by atoms with E-state index < -0.39 is 0 Å². The first kappa shape index (κ1) is 13.3. The molecule has 4 nitrogen and oxygen atoms in total. The minimum absolute atomic E-state index is 0.818. The highest BCUT2D eigenvalue weighted by molar-refractivity contribution is 5.79. The zero-order valence-electron chi connectivity index (χ0n) is 10.7. The highest BCUT2D eigenvalue weighted by Gasteiger charge is 2.16. The Hall–Kier alpha value is -0.770. The van der Waals surface area contributed by atoms with Crippen LogP contribution in [0.1, 0.15) is 45.4 Å². The molecule has 0 amide bonds. The van der Waals surface area contributed by atoms with E-state index in [4.69, 9.17) is 5.84 Å². The Labute approximate surface area is 99.3 Å². The van der Waals surface area contributed by atoms with Gasteiger partial charge in [-0.2, -0.15) is 0 Å². The summed E-state index contributed by atoms with van der Waals surface area (Å²) in [5, 5.41) is 0. The third-order valence-electron chi connectivity index (χ3n) is 3.23. The molecule has 0 aromatic rings. The zero-order chi connectivity index (χ0) is 11.8. The van der Waals surface area contributed by atoms with Crippen LogP contribution in [0.25, 0.3) is 0 Å². The fourth-order valence-electron chi connectivity index (χ4n) is 2.34. The van der Waals surface area contributed by atoms with Crippen molar-refractivity contribution in [3.63, 3.8) is 0 Å². The quantitative estimate of drug-likeness (QED) is 0.332. The number of guanidine groups is 1. The van der Waals surface area contributed by atoms with E-state index in [-0.39, 0.29) is 0 Å². The summed E-state index contributed by atoms with van der Waals surface area (Å²) in [6.45, 7) is 4.04. The molecular formula is C12H26N4. The number of rotatable bonds is 4. The van der Waals surface area contributed by atoms with Gasteiger partial charge in [-0.25, -0.2) is 5.84 Å². The van der Waals surface area contributed by atoms with E-state index >= 15 is 0 Å². The Morgan fingerprint density at radius 1 is 1.38 bits per heavy atom. The van der Waals surface area contributed by atoms with Crippen molar-refractivity contribution in [1.82, 2.24) is 10.3 Å².